The first-order valence-corrected chi connectivity index (χ1v) is 5.35. The van der Waals surface area contributed by atoms with Crippen LogP contribution in [-0.4, -0.2) is 28.4 Å². The molecule has 1 aromatic carbocycles. The lowest BCUT2D eigenvalue weighted by Gasteiger charge is -1.99. The Labute approximate surface area is 104 Å². The van der Waals surface area contributed by atoms with E-state index in [-0.39, 0.29) is 17.3 Å². The first kappa shape index (κ1) is 12.0. The van der Waals surface area contributed by atoms with Crippen LogP contribution in [0.3, 0.4) is 0 Å². The minimum absolute atomic E-state index is 0.124. The van der Waals surface area contributed by atoms with Crippen molar-refractivity contribution >= 4 is 11.8 Å². The summed E-state index contributed by atoms with van der Waals surface area (Å²) in [6.45, 7) is 0. The summed E-state index contributed by atoms with van der Waals surface area (Å²) in [6.07, 6.45) is 1.47. The highest BCUT2D eigenvalue weighted by Crippen LogP contribution is 2.10. The number of methoxy groups -OCH3 is 1. The Bertz CT molecular complexity index is 588. The number of aryl methyl sites for hydroxylation is 1. The van der Waals surface area contributed by atoms with E-state index in [0.29, 0.717) is 5.56 Å². The zero-order valence-electron chi connectivity index (χ0n) is 10.1. The number of esters is 1. The normalized spacial score (nSPS) is 10.1. The minimum atomic E-state index is -0.558. The standard InChI is InChI=1S/C13H12N2O3/c1-15-8-10(13(17)18-2)14-12(15)11(16)9-6-4-3-5-7-9/h3-8H,1-2H3. The summed E-state index contributed by atoms with van der Waals surface area (Å²) in [5.74, 6) is -0.576. The number of rotatable bonds is 3. The second-order valence-corrected chi connectivity index (χ2v) is 3.75. The Balaban J connectivity index is 2.37. The van der Waals surface area contributed by atoms with Gasteiger partial charge in [0.05, 0.1) is 7.11 Å². The van der Waals surface area contributed by atoms with Crippen LogP contribution in [0.1, 0.15) is 26.7 Å². The fourth-order valence-electron chi connectivity index (χ4n) is 1.60. The molecule has 0 spiro atoms. The molecule has 2 aromatic rings. The maximum absolute atomic E-state index is 12.2. The number of nitrogens with zero attached hydrogens (tertiary/aromatic N) is 2. The molecule has 92 valence electrons. The van der Waals surface area contributed by atoms with Crippen molar-refractivity contribution in [3.05, 3.63) is 53.6 Å². The number of hydrogen-bond donors (Lipinski definition) is 0. The Morgan fingerprint density at radius 2 is 1.89 bits per heavy atom. The molecule has 0 atom stereocenters. The zero-order valence-corrected chi connectivity index (χ0v) is 10.1. The maximum atomic E-state index is 12.2. The Kier molecular flexibility index (Phi) is 3.23. The summed E-state index contributed by atoms with van der Waals surface area (Å²) in [5, 5.41) is 0. The SMILES string of the molecule is COC(=O)c1cn(C)c(C(=O)c2ccccc2)n1. The van der Waals surface area contributed by atoms with Gasteiger partial charge in [0.15, 0.2) is 11.5 Å². The van der Waals surface area contributed by atoms with Gasteiger partial charge in [0.1, 0.15) is 0 Å². The van der Waals surface area contributed by atoms with Crippen molar-refractivity contribution in [1.82, 2.24) is 9.55 Å². The molecule has 0 N–H and O–H groups in total. The molecule has 0 aliphatic carbocycles. The van der Waals surface area contributed by atoms with Crippen molar-refractivity contribution in [2.75, 3.05) is 7.11 Å². The van der Waals surface area contributed by atoms with Crippen LogP contribution in [-0.2, 0) is 11.8 Å². The lowest BCUT2D eigenvalue weighted by Crippen LogP contribution is -2.08. The van der Waals surface area contributed by atoms with E-state index in [4.69, 9.17) is 0 Å². The van der Waals surface area contributed by atoms with Gasteiger partial charge >= 0.3 is 5.97 Å². The van der Waals surface area contributed by atoms with E-state index in [2.05, 4.69) is 9.72 Å². The number of aromatic nitrogens is 2. The van der Waals surface area contributed by atoms with Crippen LogP contribution < -0.4 is 0 Å². The maximum Gasteiger partial charge on any atom is 0.358 e. The molecule has 0 amide bonds. The molecule has 0 fully saturated rings. The number of imidazole rings is 1. The third kappa shape index (κ3) is 2.15. The molecule has 18 heavy (non-hydrogen) atoms. The Morgan fingerprint density at radius 3 is 2.50 bits per heavy atom. The van der Waals surface area contributed by atoms with E-state index in [9.17, 15) is 9.59 Å². The Morgan fingerprint density at radius 1 is 1.22 bits per heavy atom. The van der Waals surface area contributed by atoms with Crippen LogP contribution in [0.2, 0.25) is 0 Å². The fourth-order valence-corrected chi connectivity index (χ4v) is 1.60. The van der Waals surface area contributed by atoms with Crippen LogP contribution in [0.25, 0.3) is 0 Å². The molecule has 0 saturated carbocycles. The third-order valence-corrected chi connectivity index (χ3v) is 2.51. The average molecular weight is 244 g/mol. The molecule has 5 heteroatoms. The summed E-state index contributed by atoms with van der Waals surface area (Å²) in [6, 6.07) is 8.79. The molecular weight excluding hydrogens is 232 g/mol. The van der Waals surface area contributed by atoms with Crippen LogP contribution in [0.15, 0.2) is 36.5 Å². The lowest BCUT2D eigenvalue weighted by molar-refractivity contribution is 0.0594. The van der Waals surface area contributed by atoms with E-state index in [1.54, 1.807) is 31.3 Å². The molecular formula is C13H12N2O3. The third-order valence-electron chi connectivity index (χ3n) is 2.51. The molecule has 0 saturated heterocycles. The van der Waals surface area contributed by atoms with Crippen molar-refractivity contribution in [3.8, 4) is 0 Å². The molecule has 5 nitrogen and oxygen atoms in total. The first-order chi connectivity index (χ1) is 8.63. The molecule has 0 aliphatic rings. The van der Waals surface area contributed by atoms with Crippen molar-refractivity contribution < 1.29 is 14.3 Å². The minimum Gasteiger partial charge on any atom is -0.464 e. The summed E-state index contributed by atoms with van der Waals surface area (Å²) in [7, 11) is 2.94. The number of carbonyl (C=O) groups excluding carboxylic acids is 2. The highest BCUT2D eigenvalue weighted by Gasteiger charge is 2.19. The molecule has 2 rings (SSSR count). The van der Waals surface area contributed by atoms with Crippen molar-refractivity contribution in [2.24, 2.45) is 7.05 Å². The quantitative estimate of drug-likeness (QED) is 0.605. The van der Waals surface area contributed by atoms with E-state index in [0.717, 1.165) is 0 Å². The van der Waals surface area contributed by atoms with E-state index in [1.165, 1.54) is 17.9 Å². The zero-order chi connectivity index (χ0) is 13.1. The van der Waals surface area contributed by atoms with Crippen LogP contribution in [0.5, 0.6) is 0 Å². The number of benzene rings is 1. The predicted molar refractivity (Wildman–Crippen MR) is 64.4 cm³/mol. The van der Waals surface area contributed by atoms with Gasteiger partial charge in [-0.05, 0) is 0 Å². The van der Waals surface area contributed by atoms with Gasteiger partial charge in [0.25, 0.3) is 0 Å². The van der Waals surface area contributed by atoms with Gasteiger partial charge in [-0.15, -0.1) is 0 Å². The van der Waals surface area contributed by atoms with Gasteiger partial charge in [-0.2, -0.15) is 0 Å². The first-order valence-electron chi connectivity index (χ1n) is 5.35. The van der Waals surface area contributed by atoms with Gasteiger partial charge in [-0.3, -0.25) is 4.79 Å². The van der Waals surface area contributed by atoms with Crippen LogP contribution >= 0.6 is 0 Å². The number of hydrogen-bond acceptors (Lipinski definition) is 4. The monoisotopic (exact) mass is 244 g/mol. The molecule has 1 aromatic heterocycles. The molecule has 0 unspecified atom stereocenters. The van der Waals surface area contributed by atoms with E-state index >= 15 is 0 Å². The van der Waals surface area contributed by atoms with Gasteiger partial charge in [-0.25, -0.2) is 9.78 Å². The number of ketones is 1. The molecule has 1 heterocycles. The molecule has 0 radical (unpaired) electrons. The Hall–Kier alpha value is -2.43. The van der Waals surface area contributed by atoms with Crippen molar-refractivity contribution in [2.45, 2.75) is 0 Å². The molecule has 0 aliphatic heterocycles. The van der Waals surface area contributed by atoms with Crippen molar-refractivity contribution in [3.63, 3.8) is 0 Å². The summed E-state index contributed by atoms with van der Waals surface area (Å²) in [4.78, 5) is 27.5. The fraction of sp³-hybridized carbons (Fsp3) is 0.154. The van der Waals surface area contributed by atoms with Crippen molar-refractivity contribution in [1.29, 1.82) is 0 Å². The molecule has 0 bridgehead atoms. The smallest absolute Gasteiger partial charge is 0.358 e. The average Bonchev–Trinajstić information content (AvgIpc) is 2.80. The van der Waals surface area contributed by atoms with Gasteiger partial charge < -0.3 is 9.30 Å². The van der Waals surface area contributed by atoms with Crippen LogP contribution in [0, 0.1) is 0 Å². The van der Waals surface area contributed by atoms with Gasteiger partial charge in [0.2, 0.25) is 5.78 Å². The second kappa shape index (κ2) is 4.83. The second-order valence-electron chi connectivity index (χ2n) is 3.75. The van der Waals surface area contributed by atoms with Gasteiger partial charge in [-0.1, -0.05) is 30.3 Å². The van der Waals surface area contributed by atoms with Gasteiger partial charge in [0, 0.05) is 18.8 Å². The number of ether oxygens (including phenoxy) is 1. The summed E-state index contributed by atoms with van der Waals surface area (Å²) >= 11 is 0. The largest absolute Gasteiger partial charge is 0.464 e. The summed E-state index contributed by atoms with van der Waals surface area (Å²) in [5.41, 5.74) is 0.655. The highest BCUT2D eigenvalue weighted by molar-refractivity contribution is 6.07. The van der Waals surface area contributed by atoms with E-state index in [1.807, 2.05) is 6.07 Å². The van der Waals surface area contributed by atoms with Crippen LogP contribution in [0.4, 0.5) is 0 Å². The topological polar surface area (TPSA) is 61.2 Å². The predicted octanol–water partition coefficient (Wildman–Crippen LogP) is 1.44. The van der Waals surface area contributed by atoms with E-state index < -0.39 is 5.97 Å². The highest BCUT2D eigenvalue weighted by atomic mass is 16.5. The summed E-state index contributed by atoms with van der Waals surface area (Å²) < 4.78 is 6.08. The number of carbonyl (C=O) groups is 2. The lowest BCUT2D eigenvalue weighted by atomic mass is 10.1.